The fraction of sp³-hybridized carbons (Fsp3) is 0.375. The van der Waals surface area contributed by atoms with E-state index >= 15 is 0 Å². The molecular formula is C16H19BrN4O. The molecule has 1 unspecified atom stereocenters. The van der Waals surface area contributed by atoms with Crippen LogP contribution in [0.3, 0.4) is 0 Å². The van der Waals surface area contributed by atoms with Crippen molar-refractivity contribution in [1.29, 1.82) is 0 Å². The lowest BCUT2D eigenvalue weighted by Crippen LogP contribution is -2.35. The van der Waals surface area contributed by atoms with Gasteiger partial charge in [-0.25, -0.2) is 0 Å². The SMILES string of the molecule is CC(Cc1ccc(Br)cc1)NC(=O)c1n[nH]c2c1CNCC2. The molecule has 1 amide bonds. The van der Waals surface area contributed by atoms with E-state index in [1.807, 2.05) is 19.1 Å². The molecular weight excluding hydrogens is 344 g/mol. The van der Waals surface area contributed by atoms with Gasteiger partial charge in [-0.2, -0.15) is 5.10 Å². The van der Waals surface area contributed by atoms with E-state index < -0.39 is 0 Å². The van der Waals surface area contributed by atoms with Crippen molar-refractivity contribution in [2.45, 2.75) is 32.4 Å². The summed E-state index contributed by atoms with van der Waals surface area (Å²) in [5.74, 6) is -0.106. The van der Waals surface area contributed by atoms with Gasteiger partial charge in [0.15, 0.2) is 5.69 Å². The summed E-state index contributed by atoms with van der Waals surface area (Å²) < 4.78 is 1.06. The first-order valence-corrected chi connectivity index (χ1v) is 8.25. The second kappa shape index (κ2) is 6.62. The Hall–Kier alpha value is -1.66. The number of hydrogen-bond acceptors (Lipinski definition) is 3. The fourth-order valence-electron chi connectivity index (χ4n) is 2.73. The van der Waals surface area contributed by atoms with Crippen LogP contribution in [0, 0.1) is 0 Å². The lowest BCUT2D eigenvalue weighted by atomic mass is 10.1. The van der Waals surface area contributed by atoms with Crippen LogP contribution in [0.4, 0.5) is 0 Å². The number of aromatic amines is 1. The van der Waals surface area contributed by atoms with Crippen LogP contribution in [-0.4, -0.2) is 28.7 Å². The Morgan fingerprint density at radius 2 is 2.18 bits per heavy atom. The van der Waals surface area contributed by atoms with Gasteiger partial charge in [0.2, 0.25) is 0 Å². The predicted molar refractivity (Wildman–Crippen MR) is 88.8 cm³/mol. The smallest absolute Gasteiger partial charge is 0.272 e. The summed E-state index contributed by atoms with van der Waals surface area (Å²) in [4.78, 5) is 12.4. The largest absolute Gasteiger partial charge is 0.348 e. The van der Waals surface area contributed by atoms with Crippen LogP contribution in [0.2, 0.25) is 0 Å². The molecule has 0 saturated carbocycles. The Morgan fingerprint density at radius 1 is 1.41 bits per heavy atom. The monoisotopic (exact) mass is 362 g/mol. The fourth-order valence-corrected chi connectivity index (χ4v) is 2.99. The number of benzene rings is 1. The summed E-state index contributed by atoms with van der Waals surface area (Å²) in [7, 11) is 0. The zero-order chi connectivity index (χ0) is 15.5. The molecule has 1 aliphatic rings. The molecule has 2 heterocycles. The van der Waals surface area contributed by atoms with Crippen molar-refractivity contribution in [2.75, 3.05) is 6.54 Å². The molecule has 1 aliphatic heterocycles. The van der Waals surface area contributed by atoms with Crippen LogP contribution in [-0.2, 0) is 19.4 Å². The van der Waals surface area contributed by atoms with Gasteiger partial charge >= 0.3 is 0 Å². The average Bonchev–Trinajstić information content (AvgIpc) is 2.93. The molecule has 3 N–H and O–H groups in total. The maximum absolute atomic E-state index is 12.4. The molecule has 0 bridgehead atoms. The van der Waals surface area contributed by atoms with Crippen molar-refractivity contribution in [3.05, 3.63) is 51.3 Å². The minimum Gasteiger partial charge on any atom is -0.348 e. The molecule has 0 radical (unpaired) electrons. The average molecular weight is 363 g/mol. The van der Waals surface area contributed by atoms with E-state index in [4.69, 9.17) is 0 Å². The maximum atomic E-state index is 12.4. The number of hydrogen-bond donors (Lipinski definition) is 3. The van der Waals surface area contributed by atoms with Gasteiger partial charge in [0, 0.05) is 41.3 Å². The quantitative estimate of drug-likeness (QED) is 0.780. The molecule has 0 aliphatic carbocycles. The van der Waals surface area contributed by atoms with Crippen molar-refractivity contribution in [3.8, 4) is 0 Å². The minimum absolute atomic E-state index is 0.0533. The van der Waals surface area contributed by atoms with Gasteiger partial charge in [0.1, 0.15) is 0 Å². The van der Waals surface area contributed by atoms with Gasteiger partial charge in [0.25, 0.3) is 5.91 Å². The summed E-state index contributed by atoms with van der Waals surface area (Å²) in [5, 5.41) is 13.5. The third kappa shape index (κ3) is 3.39. The van der Waals surface area contributed by atoms with E-state index in [9.17, 15) is 4.79 Å². The van der Waals surface area contributed by atoms with Gasteiger partial charge in [-0.1, -0.05) is 28.1 Å². The molecule has 5 nitrogen and oxygen atoms in total. The van der Waals surface area contributed by atoms with E-state index in [0.29, 0.717) is 12.2 Å². The summed E-state index contributed by atoms with van der Waals surface area (Å²) in [6.45, 7) is 3.64. The van der Waals surface area contributed by atoms with E-state index in [0.717, 1.165) is 35.1 Å². The zero-order valence-corrected chi connectivity index (χ0v) is 14.0. The summed E-state index contributed by atoms with van der Waals surface area (Å²) in [5.41, 5.74) is 3.79. The summed E-state index contributed by atoms with van der Waals surface area (Å²) in [6.07, 6.45) is 1.69. The number of H-pyrrole nitrogens is 1. The predicted octanol–water partition coefficient (Wildman–Crippen LogP) is 2.18. The van der Waals surface area contributed by atoms with Gasteiger partial charge in [-0.3, -0.25) is 9.89 Å². The number of aromatic nitrogens is 2. The van der Waals surface area contributed by atoms with Crippen molar-refractivity contribution >= 4 is 21.8 Å². The highest BCUT2D eigenvalue weighted by atomic mass is 79.9. The topological polar surface area (TPSA) is 69.8 Å². The number of halogens is 1. The summed E-state index contributed by atoms with van der Waals surface area (Å²) >= 11 is 3.43. The Balaban J connectivity index is 1.63. The van der Waals surface area contributed by atoms with Crippen molar-refractivity contribution < 1.29 is 4.79 Å². The zero-order valence-electron chi connectivity index (χ0n) is 12.4. The molecule has 6 heteroatoms. The molecule has 1 atom stereocenters. The van der Waals surface area contributed by atoms with E-state index in [-0.39, 0.29) is 11.9 Å². The van der Waals surface area contributed by atoms with Gasteiger partial charge in [-0.05, 0) is 31.0 Å². The molecule has 3 rings (SSSR count). The van der Waals surface area contributed by atoms with E-state index in [2.05, 4.69) is 48.9 Å². The first kappa shape index (κ1) is 15.2. The molecule has 1 aromatic heterocycles. The number of nitrogens with zero attached hydrogens (tertiary/aromatic N) is 1. The normalized spacial score (nSPS) is 15.2. The molecule has 22 heavy (non-hydrogen) atoms. The van der Waals surface area contributed by atoms with Crippen LogP contribution in [0.1, 0.15) is 34.2 Å². The Morgan fingerprint density at radius 3 is 2.95 bits per heavy atom. The number of fused-ring (bicyclic) bond motifs is 1. The number of carbonyl (C=O) groups is 1. The lowest BCUT2D eigenvalue weighted by Gasteiger charge is -2.15. The number of carbonyl (C=O) groups excluding carboxylic acids is 1. The third-order valence-corrected chi connectivity index (χ3v) is 4.38. The molecule has 116 valence electrons. The highest BCUT2D eigenvalue weighted by Crippen LogP contribution is 2.16. The van der Waals surface area contributed by atoms with E-state index in [1.165, 1.54) is 5.56 Å². The molecule has 2 aromatic rings. The first-order valence-electron chi connectivity index (χ1n) is 7.45. The summed E-state index contributed by atoms with van der Waals surface area (Å²) in [6, 6.07) is 8.21. The van der Waals surface area contributed by atoms with Crippen molar-refractivity contribution in [3.63, 3.8) is 0 Å². The number of nitrogens with one attached hydrogen (secondary N) is 3. The highest BCUT2D eigenvalue weighted by molar-refractivity contribution is 9.10. The molecule has 0 saturated heterocycles. The Labute approximate surface area is 138 Å². The van der Waals surface area contributed by atoms with Crippen LogP contribution in [0.15, 0.2) is 28.7 Å². The van der Waals surface area contributed by atoms with Gasteiger partial charge in [0.05, 0.1) is 0 Å². The molecule has 0 spiro atoms. The number of rotatable bonds is 4. The van der Waals surface area contributed by atoms with Gasteiger partial charge in [-0.15, -0.1) is 0 Å². The second-order valence-electron chi connectivity index (χ2n) is 5.66. The first-order chi connectivity index (χ1) is 10.6. The highest BCUT2D eigenvalue weighted by Gasteiger charge is 2.22. The maximum Gasteiger partial charge on any atom is 0.272 e. The van der Waals surface area contributed by atoms with Crippen LogP contribution >= 0.6 is 15.9 Å². The minimum atomic E-state index is -0.106. The van der Waals surface area contributed by atoms with Crippen LogP contribution in [0.5, 0.6) is 0 Å². The standard InChI is InChI=1S/C16H19BrN4O/c1-10(8-11-2-4-12(17)5-3-11)19-16(22)15-13-9-18-7-6-14(13)20-21-15/h2-5,10,18H,6-9H2,1H3,(H,19,22)(H,20,21). The molecule has 1 aromatic carbocycles. The van der Waals surface area contributed by atoms with Gasteiger partial charge < -0.3 is 10.6 Å². The Kier molecular flexibility index (Phi) is 4.59. The second-order valence-corrected chi connectivity index (χ2v) is 6.58. The van der Waals surface area contributed by atoms with Crippen molar-refractivity contribution in [2.24, 2.45) is 0 Å². The molecule has 0 fully saturated rings. The Bertz CT molecular complexity index is 665. The lowest BCUT2D eigenvalue weighted by molar-refractivity contribution is 0.0934. The van der Waals surface area contributed by atoms with E-state index in [1.54, 1.807) is 0 Å². The van der Waals surface area contributed by atoms with Crippen LogP contribution in [0.25, 0.3) is 0 Å². The van der Waals surface area contributed by atoms with Crippen LogP contribution < -0.4 is 10.6 Å². The third-order valence-electron chi connectivity index (χ3n) is 3.85. The number of amides is 1. The van der Waals surface area contributed by atoms with Crippen molar-refractivity contribution in [1.82, 2.24) is 20.8 Å².